The molecule has 1 fully saturated rings. The SMILES string of the molecule is OC1C(O)[C@@H](O)OC(CS)[C@@H]1O. The first-order valence-corrected chi connectivity index (χ1v) is 4.19. The summed E-state index contributed by atoms with van der Waals surface area (Å²) in [6.07, 6.45) is -6.26. The summed E-state index contributed by atoms with van der Waals surface area (Å²) < 4.78 is 4.75. The van der Waals surface area contributed by atoms with Crippen LogP contribution in [0.5, 0.6) is 0 Å². The third-order valence-electron chi connectivity index (χ3n) is 1.87. The van der Waals surface area contributed by atoms with E-state index in [9.17, 15) is 5.11 Å². The molecular formula is C6H12O5S. The van der Waals surface area contributed by atoms with Crippen LogP contribution in [0, 0.1) is 0 Å². The van der Waals surface area contributed by atoms with Crippen molar-refractivity contribution in [1.29, 1.82) is 0 Å². The van der Waals surface area contributed by atoms with Gasteiger partial charge in [-0.1, -0.05) is 0 Å². The van der Waals surface area contributed by atoms with Crippen molar-refractivity contribution in [1.82, 2.24) is 0 Å². The fourth-order valence-electron chi connectivity index (χ4n) is 1.08. The zero-order valence-corrected chi connectivity index (χ0v) is 7.13. The molecule has 3 unspecified atom stereocenters. The van der Waals surface area contributed by atoms with E-state index in [4.69, 9.17) is 20.1 Å². The molecule has 0 aromatic carbocycles. The molecule has 1 rings (SSSR count). The minimum atomic E-state index is -1.46. The van der Waals surface area contributed by atoms with Crippen LogP contribution in [-0.4, -0.2) is 56.9 Å². The molecule has 12 heavy (non-hydrogen) atoms. The lowest BCUT2D eigenvalue weighted by Crippen LogP contribution is -2.57. The van der Waals surface area contributed by atoms with E-state index in [1.54, 1.807) is 0 Å². The van der Waals surface area contributed by atoms with Crippen LogP contribution in [0.1, 0.15) is 0 Å². The fourth-order valence-corrected chi connectivity index (χ4v) is 1.38. The topological polar surface area (TPSA) is 90.2 Å². The molecule has 0 aliphatic carbocycles. The van der Waals surface area contributed by atoms with E-state index >= 15 is 0 Å². The molecule has 0 radical (unpaired) electrons. The number of rotatable bonds is 1. The first-order chi connectivity index (χ1) is 5.57. The molecule has 1 heterocycles. The molecule has 4 N–H and O–H groups in total. The highest BCUT2D eigenvalue weighted by Crippen LogP contribution is 2.20. The molecule has 0 aromatic rings. The fraction of sp³-hybridized carbons (Fsp3) is 1.00. The molecule has 0 bridgehead atoms. The second-order valence-corrected chi connectivity index (χ2v) is 3.08. The van der Waals surface area contributed by atoms with Crippen molar-refractivity contribution in [2.45, 2.75) is 30.7 Å². The Balaban J connectivity index is 2.63. The molecule has 1 aliphatic rings. The van der Waals surface area contributed by atoms with Gasteiger partial charge in [-0.25, -0.2) is 0 Å². The summed E-state index contributed by atoms with van der Waals surface area (Å²) in [5.74, 6) is 0.169. The van der Waals surface area contributed by atoms with E-state index in [1.165, 1.54) is 0 Å². The number of thiol groups is 1. The molecule has 6 heteroatoms. The second-order valence-electron chi connectivity index (χ2n) is 2.72. The lowest BCUT2D eigenvalue weighted by atomic mass is 10.0. The Morgan fingerprint density at radius 1 is 1.00 bits per heavy atom. The van der Waals surface area contributed by atoms with Crippen molar-refractivity contribution in [3.63, 3.8) is 0 Å². The first-order valence-electron chi connectivity index (χ1n) is 3.56. The van der Waals surface area contributed by atoms with Crippen molar-refractivity contribution >= 4 is 12.6 Å². The van der Waals surface area contributed by atoms with E-state index in [0.29, 0.717) is 0 Å². The number of hydrogen-bond donors (Lipinski definition) is 5. The lowest BCUT2D eigenvalue weighted by molar-refractivity contribution is -0.276. The van der Waals surface area contributed by atoms with E-state index in [1.807, 2.05) is 0 Å². The monoisotopic (exact) mass is 196 g/mol. The minimum Gasteiger partial charge on any atom is -0.388 e. The van der Waals surface area contributed by atoms with Crippen LogP contribution >= 0.6 is 12.6 Å². The Labute approximate surface area is 75.0 Å². The molecule has 1 aliphatic heterocycles. The van der Waals surface area contributed by atoms with Crippen LogP contribution in [0.15, 0.2) is 0 Å². The van der Waals surface area contributed by atoms with Gasteiger partial charge >= 0.3 is 0 Å². The molecule has 0 spiro atoms. The highest BCUT2D eigenvalue weighted by atomic mass is 32.1. The van der Waals surface area contributed by atoms with Crippen molar-refractivity contribution in [2.75, 3.05) is 5.75 Å². The number of hydrogen-bond acceptors (Lipinski definition) is 6. The molecule has 0 aromatic heterocycles. The minimum absolute atomic E-state index is 0.169. The number of ether oxygens (including phenoxy) is 1. The van der Waals surface area contributed by atoms with Crippen LogP contribution in [0.2, 0.25) is 0 Å². The Bertz CT molecular complexity index is 150. The van der Waals surface area contributed by atoms with Crippen molar-refractivity contribution in [3.05, 3.63) is 0 Å². The van der Waals surface area contributed by atoms with Crippen LogP contribution < -0.4 is 0 Å². The van der Waals surface area contributed by atoms with E-state index < -0.39 is 30.7 Å². The van der Waals surface area contributed by atoms with Crippen molar-refractivity contribution in [2.24, 2.45) is 0 Å². The van der Waals surface area contributed by atoms with Gasteiger partial charge in [0.15, 0.2) is 6.29 Å². The van der Waals surface area contributed by atoms with Gasteiger partial charge in [0.25, 0.3) is 0 Å². The predicted octanol–water partition coefficient (Wildman–Crippen LogP) is -2.28. The Hall–Kier alpha value is 0.150. The third kappa shape index (κ3) is 1.73. The number of aliphatic hydroxyl groups is 4. The summed E-state index contributed by atoms with van der Waals surface area (Å²) in [6, 6.07) is 0. The Kier molecular flexibility index (Phi) is 3.33. The summed E-state index contributed by atoms with van der Waals surface area (Å²) in [6.45, 7) is 0. The molecule has 0 saturated carbocycles. The maximum atomic E-state index is 9.23. The van der Waals surface area contributed by atoms with E-state index in [2.05, 4.69) is 12.6 Å². The predicted molar refractivity (Wildman–Crippen MR) is 42.8 cm³/mol. The second kappa shape index (κ2) is 3.91. The first kappa shape index (κ1) is 10.2. The molecule has 1 saturated heterocycles. The van der Waals surface area contributed by atoms with Gasteiger partial charge in [0.2, 0.25) is 0 Å². The lowest BCUT2D eigenvalue weighted by Gasteiger charge is -2.37. The number of aliphatic hydroxyl groups excluding tert-OH is 4. The maximum absolute atomic E-state index is 9.23. The molecular weight excluding hydrogens is 184 g/mol. The Morgan fingerprint density at radius 2 is 1.58 bits per heavy atom. The van der Waals surface area contributed by atoms with Gasteiger partial charge in [-0.3, -0.25) is 0 Å². The molecule has 5 atom stereocenters. The van der Waals surface area contributed by atoms with Gasteiger partial charge < -0.3 is 25.2 Å². The van der Waals surface area contributed by atoms with Crippen LogP contribution in [0.4, 0.5) is 0 Å². The summed E-state index contributed by atoms with van der Waals surface area (Å²) in [5.41, 5.74) is 0. The van der Waals surface area contributed by atoms with Crippen molar-refractivity contribution < 1.29 is 25.2 Å². The molecule has 72 valence electrons. The summed E-state index contributed by atoms with van der Waals surface area (Å²) in [5, 5.41) is 36.4. The van der Waals surface area contributed by atoms with Gasteiger partial charge in [-0.15, -0.1) is 0 Å². The standard InChI is InChI=1S/C6H12O5S/c7-3-2(1-12)11-6(10)5(9)4(3)8/h2-10,12H,1H2/t2?,3-,4?,5?,6-/m0/s1. The van der Waals surface area contributed by atoms with Gasteiger partial charge in [-0.2, -0.15) is 12.6 Å². The average Bonchev–Trinajstić information content (AvgIpc) is 2.08. The van der Waals surface area contributed by atoms with Gasteiger partial charge in [0, 0.05) is 5.75 Å². The van der Waals surface area contributed by atoms with Crippen LogP contribution in [-0.2, 0) is 4.74 Å². The highest BCUT2D eigenvalue weighted by Gasteiger charge is 2.42. The van der Waals surface area contributed by atoms with E-state index in [-0.39, 0.29) is 5.75 Å². The highest BCUT2D eigenvalue weighted by molar-refractivity contribution is 7.80. The maximum Gasteiger partial charge on any atom is 0.183 e. The zero-order valence-electron chi connectivity index (χ0n) is 6.24. The van der Waals surface area contributed by atoms with Gasteiger partial charge in [0.1, 0.15) is 18.3 Å². The normalized spacial score (nSPS) is 49.2. The largest absolute Gasteiger partial charge is 0.388 e. The van der Waals surface area contributed by atoms with Crippen LogP contribution in [0.25, 0.3) is 0 Å². The Morgan fingerprint density at radius 3 is 2.08 bits per heavy atom. The molecule has 5 nitrogen and oxygen atoms in total. The quantitative estimate of drug-likeness (QED) is 0.305. The summed E-state index contributed by atoms with van der Waals surface area (Å²) >= 11 is 3.84. The van der Waals surface area contributed by atoms with Gasteiger partial charge in [0.05, 0.1) is 6.10 Å². The molecule has 0 amide bonds. The smallest absolute Gasteiger partial charge is 0.183 e. The summed E-state index contributed by atoms with van der Waals surface area (Å²) in [7, 11) is 0. The summed E-state index contributed by atoms with van der Waals surface area (Å²) in [4.78, 5) is 0. The zero-order chi connectivity index (χ0) is 9.30. The van der Waals surface area contributed by atoms with Crippen molar-refractivity contribution in [3.8, 4) is 0 Å². The third-order valence-corrected chi connectivity index (χ3v) is 2.23. The van der Waals surface area contributed by atoms with E-state index in [0.717, 1.165) is 0 Å². The average molecular weight is 196 g/mol. The van der Waals surface area contributed by atoms with Crippen LogP contribution in [0.3, 0.4) is 0 Å². The van der Waals surface area contributed by atoms with Gasteiger partial charge in [-0.05, 0) is 0 Å².